The van der Waals surface area contributed by atoms with Gasteiger partial charge in [0.2, 0.25) is 0 Å². The van der Waals surface area contributed by atoms with Gasteiger partial charge in [0.25, 0.3) is 0 Å². The SMILES string of the molecule is CC(NC1CCCC1CN)c1ccccn1. The summed E-state index contributed by atoms with van der Waals surface area (Å²) in [5.74, 6) is 0.645. The molecule has 3 nitrogen and oxygen atoms in total. The van der Waals surface area contributed by atoms with E-state index in [1.54, 1.807) is 0 Å². The fourth-order valence-corrected chi connectivity index (χ4v) is 2.58. The summed E-state index contributed by atoms with van der Waals surface area (Å²) in [4.78, 5) is 4.38. The van der Waals surface area contributed by atoms with Crippen LogP contribution in [0.4, 0.5) is 0 Å². The first-order chi connectivity index (χ1) is 7.81. The van der Waals surface area contributed by atoms with Crippen LogP contribution >= 0.6 is 0 Å². The molecule has 0 spiro atoms. The maximum atomic E-state index is 5.78. The van der Waals surface area contributed by atoms with Crippen molar-refractivity contribution in [3.63, 3.8) is 0 Å². The Bertz CT molecular complexity index is 312. The third-order valence-electron chi connectivity index (χ3n) is 3.56. The van der Waals surface area contributed by atoms with Crippen molar-refractivity contribution in [1.82, 2.24) is 10.3 Å². The van der Waals surface area contributed by atoms with Gasteiger partial charge >= 0.3 is 0 Å². The Morgan fingerprint density at radius 2 is 2.38 bits per heavy atom. The number of nitrogens with two attached hydrogens (primary N) is 1. The van der Waals surface area contributed by atoms with Gasteiger partial charge in [-0.3, -0.25) is 4.98 Å². The zero-order chi connectivity index (χ0) is 11.4. The van der Waals surface area contributed by atoms with Crippen molar-refractivity contribution in [2.75, 3.05) is 6.54 Å². The molecule has 1 aliphatic carbocycles. The van der Waals surface area contributed by atoms with Crippen LogP contribution in [0, 0.1) is 5.92 Å². The van der Waals surface area contributed by atoms with Crippen LogP contribution in [0.5, 0.6) is 0 Å². The van der Waals surface area contributed by atoms with E-state index in [-0.39, 0.29) is 0 Å². The Labute approximate surface area is 97.5 Å². The van der Waals surface area contributed by atoms with E-state index in [1.807, 2.05) is 18.3 Å². The highest BCUT2D eigenvalue weighted by Gasteiger charge is 2.27. The van der Waals surface area contributed by atoms with E-state index in [4.69, 9.17) is 5.73 Å². The van der Waals surface area contributed by atoms with Crippen molar-refractivity contribution in [2.45, 2.75) is 38.3 Å². The zero-order valence-corrected chi connectivity index (χ0v) is 9.89. The Hall–Kier alpha value is -0.930. The highest BCUT2D eigenvalue weighted by molar-refractivity contribution is 5.08. The number of nitrogens with one attached hydrogen (secondary N) is 1. The molecule has 1 aromatic rings. The first-order valence-electron chi connectivity index (χ1n) is 6.18. The normalized spacial score (nSPS) is 26.9. The van der Waals surface area contributed by atoms with Gasteiger partial charge in [-0.1, -0.05) is 12.5 Å². The topological polar surface area (TPSA) is 50.9 Å². The predicted molar refractivity (Wildman–Crippen MR) is 66.0 cm³/mol. The molecule has 1 saturated carbocycles. The largest absolute Gasteiger partial charge is 0.330 e. The quantitative estimate of drug-likeness (QED) is 0.812. The lowest BCUT2D eigenvalue weighted by Crippen LogP contribution is -2.37. The van der Waals surface area contributed by atoms with Gasteiger partial charge in [0.05, 0.1) is 5.69 Å². The molecule has 0 aromatic carbocycles. The van der Waals surface area contributed by atoms with Crippen molar-refractivity contribution >= 4 is 0 Å². The maximum absolute atomic E-state index is 5.78. The van der Waals surface area contributed by atoms with Crippen molar-refractivity contribution in [3.05, 3.63) is 30.1 Å². The second-order valence-corrected chi connectivity index (χ2v) is 4.68. The fraction of sp³-hybridized carbons (Fsp3) is 0.615. The van der Waals surface area contributed by atoms with Gasteiger partial charge in [0.1, 0.15) is 0 Å². The first-order valence-corrected chi connectivity index (χ1v) is 6.18. The van der Waals surface area contributed by atoms with Crippen LogP contribution in [0.1, 0.15) is 37.9 Å². The van der Waals surface area contributed by atoms with E-state index in [9.17, 15) is 0 Å². The van der Waals surface area contributed by atoms with Gasteiger partial charge < -0.3 is 11.1 Å². The predicted octanol–water partition coefficient (Wildman–Crippen LogP) is 1.86. The molecule has 1 aliphatic rings. The number of pyridine rings is 1. The molecule has 16 heavy (non-hydrogen) atoms. The summed E-state index contributed by atoms with van der Waals surface area (Å²) in [6, 6.07) is 6.95. The Morgan fingerprint density at radius 1 is 1.50 bits per heavy atom. The minimum absolute atomic E-state index is 0.318. The lowest BCUT2D eigenvalue weighted by molar-refractivity contribution is 0.370. The average molecular weight is 219 g/mol. The number of hydrogen-bond donors (Lipinski definition) is 2. The van der Waals surface area contributed by atoms with Crippen LogP contribution in [-0.4, -0.2) is 17.6 Å². The molecule has 3 atom stereocenters. The lowest BCUT2D eigenvalue weighted by Gasteiger charge is -2.23. The molecule has 0 aliphatic heterocycles. The molecule has 0 bridgehead atoms. The summed E-state index contributed by atoms with van der Waals surface area (Å²) in [5, 5.41) is 3.65. The third kappa shape index (κ3) is 2.60. The van der Waals surface area contributed by atoms with Crippen LogP contribution in [0.15, 0.2) is 24.4 Å². The molecular weight excluding hydrogens is 198 g/mol. The Morgan fingerprint density at radius 3 is 3.06 bits per heavy atom. The van der Waals surface area contributed by atoms with E-state index in [0.29, 0.717) is 18.0 Å². The van der Waals surface area contributed by atoms with Gasteiger partial charge in [-0.05, 0) is 44.4 Å². The van der Waals surface area contributed by atoms with Crippen molar-refractivity contribution in [2.24, 2.45) is 11.7 Å². The second kappa shape index (κ2) is 5.41. The van der Waals surface area contributed by atoms with Gasteiger partial charge in [-0.15, -0.1) is 0 Å². The number of rotatable bonds is 4. The summed E-state index contributed by atoms with van der Waals surface area (Å²) in [6.45, 7) is 2.97. The minimum Gasteiger partial charge on any atom is -0.330 e. The van der Waals surface area contributed by atoms with E-state index in [1.165, 1.54) is 19.3 Å². The number of nitrogens with zero attached hydrogens (tertiary/aromatic N) is 1. The molecule has 3 heteroatoms. The molecule has 1 heterocycles. The molecular formula is C13H21N3. The summed E-state index contributed by atoms with van der Waals surface area (Å²) in [7, 11) is 0. The number of hydrogen-bond acceptors (Lipinski definition) is 3. The molecule has 3 unspecified atom stereocenters. The summed E-state index contributed by atoms with van der Waals surface area (Å²) >= 11 is 0. The third-order valence-corrected chi connectivity index (χ3v) is 3.56. The summed E-state index contributed by atoms with van der Waals surface area (Å²) in [5.41, 5.74) is 6.90. The summed E-state index contributed by atoms with van der Waals surface area (Å²) < 4.78 is 0. The van der Waals surface area contributed by atoms with Gasteiger partial charge in [-0.2, -0.15) is 0 Å². The highest BCUT2D eigenvalue weighted by Crippen LogP contribution is 2.26. The molecule has 2 rings (SSSR count). The number of aromatic nitrogens is 1. The van der Waals surface area contributed by atoms with E-state index >= 15 is 0 Å². The Kier molecular flexibility index (Phi) is 3.91. The standard InChI is InChI=1S/C13H21N3/c1-10(12-6-2-3-8-15-12)16-13-7-4-5-11(13)9-14/h2-3,6,8,10-11,13,16H,4-5,7,9,14H2,1H3. The molecule has 0 saturated heterocycles. The molecule has 0 amide bonds. The van der Waals surface area contributed by atoms with Crippen molar-refractivity contribution < 1.29 is 0 Å². The van der Waals surface area contributed by atoms with Crippen LogP contribution in [0.2, 0.25) is 0 Å². The van der Waals surface area contributed by atoms with Crippen LogP contribution in [0.3, 0.4) is 0 Å². The van der Waals surface area contributed by atoms with Gasteiger partial charge in [-0.25, -0.2) is 0 Å². The Balaban J connectivity index is 1.94. The van der Waals surface area contributed by atoms with Gasteiger partial charge in [0, 0.05) is 18.3 Å². The second-order valence-electron chi connectivity index (χ2n) is 4.68. The fourth-order valence-electron chi connectivity index (χ4n) is 2.58. The molecule has 3 N–H and O–H groups in total. The summed E-state index contributed by atoms with van der Waals surface area (Å²) in [6.07, 6.45) is 5.67. The molecule has 1 aromatic heterocycles. The minimum atomic E-state index is 0.318. The lowest BCUT2D eigenvalue weighted by atomic mass is 10.0. The van der Waals surface area contributed by atoms with E-state index in [0.717, 1.165) is 12.2 Å². The molecule has 1 fully saturated rings. The maximum Gasteiger partial charge on any atom is 0.0570 e. The van der Waals surface area contributed by atoms with Crippen LogP contribution in [0.25, 0.3) is 0 Å². The van der Waals surface area contributed by atoms with E-state index in [2.05, 4.69) is 23.3 Å². The van der Waals surface area contributed by atoms with Crippen molar-refractivity contribution in [1.29, 1.82) is 0 Å². The first kappa shape index (κ1) is 11.6. The highest BCUT2D eigenvalue weighted by atomic mass is 15.0. The average Bonchev–Trinajstić information content (AvgIpc) is 2.77. The molecule has 0 radical (unpaired) electrons. The zero-order valence-electron chi connectivity index (χ0n) is 9.89. The molecule has 88 valence electrons. The van der Waals surface area contributed by atoms with Crippen LogP contribution < -0.4 is 11.1 Å². The monoisotopic (exact) mass is 219 g/mol. The van der Waals surface area contributed by atoms with Gasteiger partial charge in [0.15, 0.2) is 0 Å². The smallest absolute Gasteiger partial charge is 0.0570 e. The van der Waals surface area contributed by atoms with E-state index < -0.39 is 0 Å². The van der Waals surface area contributed by atoms with Crippen molar-refractivity contribution in [3.8, 4) is 0 Å². The van der Waals surface area contributed by atoms with Crippen LogP contribution in [-0.2, 0) is 0 Å².